The summed E-state index contributed by atoms with van der Waals surface area (Å²) in [6.07, 6.45) is 0.514. The third-order valence-corrected chi connectivity index (χ3v) is 4.37. The van der Waals surface area contributed by atoms with Crippen molar-refractivity contribution in [1.82, 2.24) is 0 Å². The van der Waals surface area contributed by atoms with Gasteiger partial charge in [0.2, 0.25) is 10.0 Å². The first-order valence-corrected chi connectivity index (χ1v) is 7.27. The summed E-state index contributed by atoms with van der Waals surface area (Å²) in [5.74, 6) is 0.0347. The molecule has 0 fully saturated rings. The van der Waals surface area contributed by atoms with E-state index in [1.807, 2.05) is 6.07 Å². The quantitative estimate of drug-likeness (QED) is 0.837. The van der Waals surface area contributed by atoms with Crippen LogP contribution >= 0.6 is 0 Å². The summed E-state index contributed by atoms with van der Waals surface area (Å²) >= 11 is 0. The summed E-state index contributed by atoms with van der Waals surface area (Å²) in [4.78, 5) is 0. The van der Waals surface area contributed by atoms with E-state index in [-0.39, 0.29) is 18.9 Å². The molecule has 0 aliphatic heterocycles. The topological polar surface area (TPSA) is 81.4 Å². The molecule has 0 aliphatic rings. The number of aliphatic hydroxyl groups is 1. The highest BCUT2D eigenvalue weighted by Gasteiger charge is 2.20. The van der Waals surface area contributed by atoms with Crippen LogP contribution in [0.1, 0.15) is 18.9 Å². The minimum Gasteiger partial charge on any atom is -0.394 e. The Kier molecular flexibility index (Phi) is 5.13. The van der Waals surface area contributed by atoms with Crippen molar-refractivity contribution >= 4 is 15.7 Å². The van der Waals surface area contributed by atoms with Crippen LogP contribution in [0.4, 0.5) is 5.69 Å². The monoisotopic (exact) mass is 268 g/mol. The van der Waals surface area contributed by atoms with E-state index >= 15 is 0 Å². The average Bonchev–Trinajstić information content (AvgIpc) is 2.36. The van der Waals surface area contributed by atoms with Crippen LogP contribution in [0.2, 0.25) is 0 Å². The normalized spacial score (nSPS) is 10.9. The van der Waals surface area contributed by atoms with Crippen molar-refractivity contribution in [2.24, 2.45) is 0 Å². The predicted molar refractivity (Wildman–Crippen MR) is 69.7 cm³/mol. The van der Waals surface area contributed by atoms with E-state index in [0.717, 1.165) is 0 Å². The molecule has 0 unspecified atom stereocenters. The molecule has 1 aromatic carbocycles. The van der Waals surface area contributed by atoms with Crippen LogP contribution in [0.25, 0.3) is 0 Å². The number of hydrogen-bond donors (Lipinski definition) is 1. The first-order valence-electron chi connectivity index (χ1n) is 5.66. The molecule has 98 valence electrons. The lowest BCUT2D eigenvalue weighted by Gasteiger charge is -2.23. The lowest BCUT2D eigenvalue weighted by Crippen LogP contribution is -2.35. The van der Waals surface area contributed by atoms with Gasteiger partial charge in [-0.1, -0.05) is 6.92 Å². The maximum absolute atomic E-state index is 12.0. The molecule has 1 rings (SSSR count). The number of hydrogen-bond acceptors (Lipinski definition) is 4. The van der Waals surface area contributed by atoms with Gasteiger partial charge in [-0.05, 0) is 30.7 Å². The second-order valence-corrected chi connectivity index (χ2v) is 5.78. The van der Waals surface area contributed by atoms with Crippen LogP contribution in [-0.2, 0) is 10.0 Å². The molecule has 5 nitrogen and oxygen atoms in total. The van der Waals surface area contributed by atoms with Gasteiger partial charge in [0.15, 0.2) is 0 Å². The molecule has 6 heteroatoms. The van der Waals surface area contributed by atoms with Crippen molar-refractivity contribution in [1.29, 1.82) is 5.26 Å². The molecule has 0 saturated carbocycles. The van der Waals surface area contributed by atoms with E-state index in [9.17, 15) is 8.42 Å². The second kappa shape index (κ2) is 6.38. The predicted octanol–water partition coefficient (Wildman–Crippen LogP) is 1.10. The molecule has 0 aromatic heterocycles. The molecule has 0 atom stereocenters. The highest BCUT2D eigenvalue weighted by atomic mass is 32.2. The number of rotatable bonds is 6. The standard InChI is InChI=1S/C12H16N2O3S/c1-2-9-18(16,17)14(7-8-15)12-5-3-11(10-13)4-6-12/h3-6,15H,2,7-9H2,1H3. The van der Waals surface area contributed by atoms with Crippen molar-refractivity contribution in [2.45, 2.75) is 13.3 Å². The second-order valence-electron chi connectivity index (χ2n) is 3.77. The summed E-state index contributed by atoms with van der Waals surface area (Å²) in [5.41, 5.74) is 0.937. The van der Waals surface area contributed by atoms with E-state index < -0.39 is 10.0 Å². The van der Waals surface area contributed by atoms with Gasteiger partial charge in [0, 0.05) is 0 Å². The lowest BCUT2D eigenvalue weighted by molar-refractivity contribution is 0.306. The van der Waals surface area contributed by atoms with Crippen molar-refractivity contribution in [2.75, 3.05) is 23.2 Å². The largest absolute Gasteiger partial charge is 0.394 e. The van der Waals surface area contributed by atoms with Crippen molar-refractivity contribution in [3.8, 4) is 6.07 Å². The summed E-state index contributed by atoms with van der Waals surface area (Å²) in [6, 6.07) is 8.23. The average molecular weight is 268 g/mol. The van der Waals surface area contributed by atoms with Gasteiger partial charge in [-0.15, -0.1) is 0 Å². The molecular formula is C12H16N2O3S. The van der Waals surface area contributed by atoms with E-state index in [0.29, 0.717) is 17.7 Å². The molecule has 0 aliphatic carbocycles. The first kappa shape index (κ1) is 14.5. The molecule has 18 heavy (non-hydrogen) atoms. The molecule has 0 amide bonds. The zero-order valence-corrected chi connectivity index (χ0v) is 11.0. The molecule has 0 saturated heterocycles. The number of sulfonamides is 1. The fourth-order valence-corrected chi connectivity index (χ4v) is 3.13. The van der Waals surface area contributed by atoms with Crippen molar-refractivity contribution < 1.29 is 13.5 Å². The van der Waals surface area contributed by atoms with Crippen LogP contribution < -0.4 is 4.31 Å². The van der Waals surface area contributed by atoms with Crippen molar-refractivity contribution in [3.63, 3.8) is 0 Å². The molecule has 1 aromatic rings. The Morgan fingerprint density at radius 3 is 2.39 bits per heavy atom. The summed E-state index contributed by atoms with van der Waals surface area (Å²) in [7, 11) is -3.42. The number of benzene rings is 1. The fourth-order valence-electron chi connectivity index (χ4n) is 1.59. The van der Waals surface area contributed by atoms with Crippen LogP contribution in [0, 0.1) is 11.3 Å². The highest BCUT2D eigenvalue weighted by Crippen LogP contribution is 2.19. The zero-order valence-electron chi connectivity index (χ0n) is 10.2. The molecule has 0 spiro atoms. The Bertz CT molecular complexity index is 517. The molecule has 0 radical (unpaired) electrons. The smallest absolute Gasteiger partial charge is 0.235 e. The summed E-state index contributed by atoms with van der Waals surface area (Å²) in [6.45, 7) is 1.56. The van der Waals surface area contributed by atoms with Gasteiger partial charge in [0.25, 0.3) is 0 Å². The Hall–Kier alpha value is -1.58. The third-order valence-electron chi connectivity index (χ3n) is 2.39. The van der Waals surface area contributed by atoms with Gasteiger partial charge in [-0.3, -0.25) is 4.31 Å². The molecule has 0 heterocycles. The molecular weight excluding hydrogens is 252 g/mol. The minimum absolute atomic E-state index is 0.0221. The maximum atomic E-state index is 12.0. The first-order chi connectivity index (χ1) is 8.55. The highest BCUT2D eigenvalue weighted by molar-refractivity contribution is 7.92. The van der Waals surface area contributed by atoms with Gasteiger partial charge < -0.3 is 5.11 Å². The van der Waals surface area contributed by atoms with Crippen molar-refractivity contribution in [3.05, 3.63) is 29.8 Å². The van der Waals surface area contributed by atoms with Gasteiger partial charge in [0.1, 0.15) is 0 Å². The van der Waals surface area contributed by atoms with Crippen LogP contribution in [0.3, 0.4) is 0 Å². The van der Waals surface area contributed by atoms with Gasteiger partial charge in [-0.2, -0.15) is 5.26 Å². The SMILES string of the molecule is CCCS(=O)(=O)N(CCO)c1ccc(C#N)cc1. The summed E-state index contributed by atoms with van der Waals surface area (Å²) < 4.78 is 25.2. The van der Waals surface area contributed by atoms with Crippen LogP contribution in [0.5, 0.6) is 0 Å². The Balaban J connectivity index is 3.08. The zero-order chi connectivity index (χ0) is 13.6. The van der Waals surface area contributed by atoms with Crippen LogP contribution in [-0.4, -0.2) is 32.4 Å². The van der Waals surface area contributed by atoms with Gasteiger partial charge in [-0.25, -0.2) is 8.42 Å². The lowest BCUT2D eigenvalue weighted by atomic mass is 10.2. The maximum Gasteiger partial charge on any atom is 0.235 e. The van der Waals surface area contributed by atoms with Gasteiger partial charge >= 0.3 is 0 Å². The molecule has 0 bridgehead atoms. The summed E-state index contributed by atoms with van der Waals surface area (Å²) in [5, 5.41) is 17.7. The van der Waals surface area contributed by atoms with Crippen LogP contribution in [0.15, 0.2) is 24.3 Å². The van der Waals surface area contributed by atoms with E-state index in [4.69, 9.17) is 10.4 Å². The van der Waals surface area contributed by atoms with E-state index in [2.05, 4.69) is 0 Å². The van der Waals surface area contributed by atoms with E-state index in [1.165, 1.54) is 4.31 Å². The number of nitrogens with zero attached hydrogens (tertiary/aromatic N) is 2. The number of nitriles is 1. The Labute approximate surface area is 107 Å². The number of aliphatic hydroxyl groups excluding tert-OH is 1. The Morgan fingerprint density at radius 2 is 1.94 bits per heavy atom. The van der Waals surface area contributed by atoms with Gasteiger partial charge in [0.05, 0.1) is 36.2 Å². The fraction of sp³-hybridized carbons (Fsp3) is 0.417. The van der Waals surface area contributed by atoms with E-state index in [1.54, 1.807) is 31.2 Å². The Morgan fingerprint density at radius 1 is 1.33 bits per heavy atom. The minimum atomic E-state index is -3.42. The number of anilines is 1. The third kappa shape index (κ3) is 3.45. The molecule has 1 N–H and O–H groups in total.